The summed E-state index contributed by atoms with van der Waals surface area (Å²) in [5.74, 6) is -2.58. The minimum absolute atomic E-state index is 0.540. The molecule has 2 rings (SSSR count). The van der Waals surface area contributed by atoms with Crippen molar-refractivity contribution in [2.24, 2.45) is 10.2 Å². The van der Waals surface area contributed by atoms with Crippen molar-refractivity contribution in [1.29, 1.82) is 0 Å². The van der Waals surface area contributed by atoms with Gasteiger partial charge in [-0.15, -0.1) is 0 Å². The van der Waals surface area contributed by atoms with Crippen LogP contribution in [0.15, 0.2) is 31.4 Å². The first-order valence-electron chi connectivity index (χ1n) is 3.90. The van der Waals surface area contributed by atoms with E-state index in [4.69, 9.17) is 11.1 Å². The van der Waals surface area contributed by atoms with Crippen LogP contribution in [0.2, 0.25) is 0 Å². The van der Waals surface area contributed by atoms with Crippen molar-refractivity contribution in [2.75, 3.05) is 0 Å². The lowest BCUT2D eigenvalue weighted by Gasteiger charge is -2.01. The zero-order valence-electron chi connectivity index (χ0n) is 7.72. The Morgan fingerprint density at radius 3 is 1.94 bits per heavy atom. The number of hydrogen-bond donors (Lipinski definition) is 0. The van der Waals surface area contributed by atoms with Crippen LogP contribution in [-0.2, 0) is 19.4 Å². The van der Waals surface area contributed by atoms with E-state index in [1.807, 2.05) is 0 Å². The zero-order valence-corrected chi connectivity index (χ0v) is 8.54. The molecule has 0 radical (unpaired) electrons. The molecule has 11 heteroatoms. The van der Waals surface area contributed by atoms with Crippen LogP contribution in [-0.4, -0.2) is 20.0 Å². The molecule has 1 heterocycles. The predicted molar refractivity (Wildman–Crippen MR) is 51.3 cm³/mol. The van der Waals surface area contributed by atoms with Crippen LogP contribution in [0.3, 0.4) is 0 Å². The Morgan fingerprint density at radius 2 is 1.41 bits per heavy atom. The minimum Gasteiger partial charge on any atom is -0.285 e. The Hall–Kier alpha value is -2.61. The standard InChI is InChI=1S/C6N6O4S/c7-11-9-1-2(10-12-8)5-6(17(5,15)16)4(14)3(1)13. The normalized spacial score (nSPS) is 20.5. The number of rotatable bonds is 2. The highest BCUT2D eigenvalue weighted by Gasteiger charge is 2.56. The first kappa shape index (κ1) is 10.9. The van der Waals surface area contributed by atoms with Gasteiger partial charge in [0.15, 0.2) is 0 Å². The lowest BCUT2D eigenvalue weighted by atomic mass is 10.1. The summed E-state index contributed by atoms with van der Waals surface area (Å²) in [6.07, 6.45) is 0. The quantitative estimate of drug-likeness (QED) is 0.231. The van der Waals surface area contributed by atoms with E-state index in [9.17, 15) is 18.0 Å². The molecule has 84 valence electrons. The van der Waals surface area contributed by atoms with E-state index in [2.05, 4.69) is 20.1 Å². The number of azide groups is 2. The molecule has 0 saturated heterocycles. The lowest BCUT2D eigenvalue weighted by molar-refractivity contribution is -0.131. The van der Waals surface area contributed by atoms with Gasteiger partial charge < -0.3 is 0 Å². The second kappa shape index (κ2) is 3.19. The first-order chi connectivity index (χ1) is 7.96. The van der Waals surface area contributed by atoms with Gasteiger partial charge in [0.2, 0.25) is 21.4 Å². The van der Waals surface area contributed by atoms with Crippen LogP contribution in [0.1, 0.15) is 0 Å². The predicted octanol–water partition coefficient (Wildman–Crippen LogP) is 0.610. The second-order valence-corrected chi connectivity index (χ2v) is 4.72. The summed E-state index contributed by atoms with van der Waals surface area (Å²) in [5, 5.41) is 5.86. The summed E-state index contributed by atoms with van der Waals surface area (Å²) in [6, 6.07) is 0. The fourth-order valence-electron chi connectivity index (χ4n) is 1.35. The molecular formula is C6N6O4S. The molecule has 2 aliphatic rings. The minimum atomic E-state index is -3.98. The molecule has 0 bridgehead atoms. The van der Waals surface area contributed by atoms with Crippen LogP contribution >= 0.6 is 0 Å². The van der Waals surface area contributed by atoms with E-state index in [0.717, 1.165) is 0 Å². The summed E-state index contributed by atoms with van der Waals surface area (Å²) in [5.41, 5.74) is 15.0. The van der Waals surface area contributed by atoms with Gasteiger partial charge in [0, 0.05) is 9.82 Å². The molecule has 17 heavy (non-hydrogen) atoms. The van der Waals surface area contributed by atoms with Gasteiger partial charge in [-0.1, -0.05) is 10.2 Å². The third-order valence-corrected chi connectivity index (χ3v) is 3.72. The molecule has 0 aromatic heterocycles. The highest BCUT2D eigenvalue weighted by atomic mass is 32.2. The van der Waals surface area contributed by atoms with Crippen LogP contribution < -0.4 is 0 Å². The zero-order chi connectivity index (χ0) is 12.8. The molecule has 0 saturated carbocycles. The number of ketones is 2. The van der Waals surface area contributed by atoms with E-state index < -0.39 is 42.6 Å². The Bertz CT molecular complexity index is 743. The van der Waals surface area contributed by atoms with Crippen LogP contribution in [0.4, 0.5) is 0 Å². The smallest absolute Gasteiger partial charge is 0.246 e. The third kappa shape index (κ3) is 1.24. The third-order valence-electron chi connectivity index (χ3n) is 2.06. The molecular weight excluding hydrogens is 252 g/mol. The maximum atomic E-state index is 11.4. The second-order valence-electron chi connectivity index (χ2n) is 2.90. The van der Waals surface area contributed by atoms with E-state index in [-0.39, 0.29) is 0 Å². The fourth-order valence-corrected chi connectivity index (χ4v) is 2.86. The topological polar surface area (TPSA) is 166 Å². The van der Waals surface area contributed by atoms with Gasteiger partial charge in [0.05, 0.1) is 11.4 Å². The van der Waals surface area contributed by atoms with Crippen LogP contribution in [0, 0.1) is 0 Å². The van der Waals surface area contributed by atoms with Gasteiger partial charge in [-0.3, -0.25) is 9.59 Å². The SMILES string of the molecule is [N-]=[N+]=NC1=C(N=[N+]=[N-])C2=C(C(=O)C1=O)S2(=O)=O. The van der Waals surface area contributed by atoms with Gasteiger partial charge >= 0.3 is 0 Å². The maximum Gasteiger partial charge on any atom is 0.246 e. The van der Waals surface area contributed by atoms with Crippen molar-refractivity contribution in [3.63, 3.8) is 0 Å². The van der Waals surface area contributed by atoms with E-state index in [1.54, 1.807) is 0 Å². The summed E-state index contributed by atoms with van der Waals surface area (Å²) in [6.45, 7) is 0. The monoisotopic (exact) mass is 252 g/mol. The number of nitrogens with zero attached hydrogens (tertiary/aromatic N) is 6. The van der Waals surface area contributed by atoms with Gasteiger partial charge in [-0.2, -0.15) is 0 Å². The van der Waals surface area contributed by atoms with Gasteiger partial charge in [0.1, 0.15) is 9.81 Å². The summed E-state index contributed by atoms with van der Waals surface area (Å²) < 4.78 is 22.6. The van der Waals surface area contributed by atoms with E-state index >= 15 is 0 Å². The summed E-state index contributed by atoms with van der Waals surface area (Å²) in [4.78, 5) is 26.0. The number of Topliss-reactive ketones (excluding diaryl/α,β-unsaturated/α-hetero) is 2. The lowest BCUT2D eigenvalue weighted by Crippen LogP contribution is -2.17. The number of allylic oxidation sites excluding steroid dienone is 2. The van der Waals surface area contributed by atoms with Gasteiger partial charge in [-0.25, -0.2) is 8.42 Å². The van der Waals surface area contributed by atoms with E-state index in [1.165, 1.54) is 0 Å². The van der Waals surface area contributed by atoms with Crippen molar-refractivity contribution >= 4 is 21.4 Å². The summed E-state index contributed by atoms with van der Waals surface area (Å²) >= 11 is 0. The Morgan fingerprint density at radius 1 is 0.882 bits per heavy atom. The first-order valence-corrected chi connectivity index (χ1v) is 5.38. The molecule has 1 aliphatic heterocycles. The maximum absolute atomic E-state index is 11.4. The summed E-state index contributed by atoms with van der Waals surface area (Å²) in [7, 11) is -3.98. The van der Waals surface area contributed by atoms with Gasteiger partial charge in [-0.05, 0) is 11.1 Å². The molecule has 0 atom stereocenters. The van der Waals surface area contributed by atoms with Crippen molar-refractivity contribution in [2.45, 2.75) is 0 Å². The average molecular weight is 252 g/mol. The molecule has 0 aromatic carbocycles. The average Bonchev–Trinajstić information content (AvgIpc) is 2.83. The molecule has 10 nitrogen and oxygen atoms in total. The molecule has 0 aromatic rings. The van der Waals surface area contributed by atoms with Crippen molar-refractivity contribution < 1.29 is 18.0 Å². The highest BCUT2D eigenvalue weighted by molar-refractivity contribution is 8.07. The molecule has 1 aliphatic carbocycles. The Balaban J connectivity index is 2.81. The molecule has 0 amide bonds. The van der Waals surface area contributed by atoms with E-state index in [0.29, 0.717) is 0 Å². The number of carbonyl (C=O) groups is 2. The van der Waals surface area contributed by atoms with Crippen molar-refractivity contribution in [3.05, 3.63) is 42.1 Å². The van der Waals surface area contributed by atoms with Crippen molar-refractivity contribution in [1.82, 2.24) is 0 Å². The Labute approximate surface area is 92.4 Å². The molecule has 0 N–H and O–H groups in total. The van der Waals surface area contributed by atoms with Gasteiger partial charge in [0.25, 0.3) is 0 Å². The number of hydrogen-bond acceptors (Lipinski definition) is 6. The van der Waals surface area contributed by atoms with Crippen molar-refractivity contribution in [3.8, 4) is 0 Å². The molecule has 0 fully saturated rings. The highest BCUT2D eigenvalue weighted by Crippen LogP contribution is 2.47. The molecule has 0 unspecified atom stereocenters. The fraction of sp³-hybridized carbons (Fsp3) is 0. The number of sulfone groups is 1. The largest absolute Gasteiger partial charge is 0.285 e. The molecule has 0 spiro atoms. The van der Waals surface area contributed by atoms with Crippen LogP contribution in [0.25, 0.3) is 20.9 Å². The number of carbonyl (C=O) groups excluding carboxylic acids is 2. The Kier molecular flexibility index (Phi) is 2.04. The van der Waals surface area contributed by atoms with Crippen LogP contribution in [0.5, 0.6) is 0 Å².